The third-order valence-electron chi connectivity index (χ3n) is 3.09. The Labute approximate surface area is 132 Å². The van der Waals surface area contributed by atoms with Gasteiger partial charge in [-0.1, -0.05) is 0 Å². The van der Waals surface area contributed by atoms with Crippen LogP contribution in [0.1, 0.15) is 27.3 Å². The quantitative estimate of drug-likeness (QED) is 0.801. The summed E-state index contributed by atoms with van der Waals surface area (Å²) < 4.78 is 74.9. The van der Waals surface area contributed by atoms with Crippen LogP contribution < -0.4 is 5.32 Å². The first-order valence-corrected chi connectivity index (χ1v) is 6.52. The number of halogens is 6. The molecule has 1 aromatic heterocycles. The van der Waals surface area contributed by atoms with E-state index in [1.165, 1.54) is 6.92 Å². The van der Waals surface area contributed by atoms with Crippen molar-refractivity contribution in [3.63, 3.8) is 0 Å². The van der Waals surface area contributed by atoms with Gasteiger partial charge in [0.25, 0.3) is 5.91 Å². The van der Waals surface area contributed by atoms with Crippen molar-refractivity contribution in [3.05, 3.63) is 58.9 Å². The zero-order valence-corrected chi connectivity index (χ0v) is 12.1. The van der Waals surface area contributed by atoms with E-state index in [-0.39, 0.29) is 16.9 Å². The second-order valence-electron chi connectivity index (χ2n) is 4.86. The highest BCUT2D eigenvalue weighted by atomic mass is 19.4. The minimum atomic E-state index is -4.63. The van der Waals surface area contributed by atoms with Crippen molar-refractivity contribution in [2.75, 3.05) is 5.32 Å². The fourth-order valence-electron chi connectivity index (χ4n) is 1.90. The van der Waals surface area contributed by atoms with Gasteiger partial charge in [-0.25, -0.2) is 4.98 Å². The molecule has 128 valence electrons. The fraction of sp³-hybridized carbons (Fsp3) is 0.200. The molecule has 0 aliphatic carbocycles. The summed E-state index contributed by atoms with van der Waals surface area (Å²) in [5, 5.41) is 2.31. The number of aryl methyl sites for hydroxylation is 1. The van der Waals surface area contributed by atoms with Gasteiger partial charge in [-0.05, 0) is 43.3 Å². The van der Waals surface area contributed by atoms with Gasteiger partial charge in [0.15, 0.2) is 0 Å². The van der Waals surface area contributed by atoms with Crippen LogP contribution in [0, 0.1) is 6.92 Å². The lowest BCUT2D eigenvalue weighted by Gasteiger charge is -2.11. The monoisotopic (exact) mass is 348 g/mol. The third kappa shape index (κ3) is 4.03. The number of alkyl halides is 6. The molecule has 0 spiro atoms. The number of carbonyl (C=O) groups is 1. The van der Waals surface area contributed by atoms with Gasteiger partial charge in [0, 0.05) is 5.69 Å². The van der Waals surface area contributed by atoms with Crippen LogP contribution >= 0.6 is 0 Å². The van der Waals surface area contributed by atoms with Crippen molar-refractivity contribution in [3.8, 4) is 0 Å². The number of nitrogens with zero attached hydrogens (tertiary/aromatic N) is 1. The van der Waals surface area contributed by atoms with Gasteiger partial charge in [0.1, 0.15) is 5.69 Å². The molecule has 0 bridgehead atoms. The highest BCUT2D eigenvalue weighted by molar-refractivity contribution is 6.05. The van der Waals surface area contributed by atoms with E-state index in [9.17, 15) is 31.1 Å². The van der Waals surface area contributed by atoms with Crippen LogP contribution in [0.4, 0.5) is 32.0 Å². The highest BCUT2D eigenvalue weighted by Gasteiger charge is 2.33. The lowest BCUT2D eigenvalue weighted by Crippen LogP contribution is -2.16. The Hall–Kier alpha value is -2.58. The van der Waals surface area contributed by atoms with Crippen LogP contribution in [0.5, 0.6) is 0 Å². The van der Waals surface area contributed by atoms with Crippen molar-refractivity contribution in [2.45, 2.75) is 19.3 Å². The molecule has 1 aromatic carbocycles. The largest absolute Gasteiger partial charge is 0.433 e. The first-order valence-electron chi connectivity index (χ1n) is 6.52. The summed E-state index contributed by atoms with van der Waals surface area (Å²) >= 11 is 0. The highest BCUT2D eigenvalue weighted by Crippen LogP contribution is 2.30. The molecular formula is C15H10F6N2O. The maximum absolute atomic E-state index is 12.5. The van der Waals surface area contributed by atoms with Gasteiger partial charge < -0.3 is 5.32 Å². The number of amides is 1. The third-order valence-corrected chi connectivity index (χ3v) is 3.09. The van der Waals surface area contributed by atoms with Gasteiger partial charge in [-0.2, -0.15) is 26.3 Å². The fourth-order valence-corrected chi connectivity index (χ4v) is 1.90. The summed E-state index contributed by atoms with van der Waals surface area (Å²) in [4.78, 5) is 15.3. The number of nitrogens with one attached hydrogen (secondary N) is 1. The Balaban J connectivity index is 2.18. The first-order chi connectivity index (χ1) is 11.0. The van der Waals surface area contributed by atoms with E-state index in [0.717, 1.165) is 30.3 Å². The zero-order valence-electron chi connectivity index (χ0n) is 12.1. The van der Waals surface area contributed by atoms with E-state index >= 15 is 0 Å². The SMILES string of the molecule is Cc1nc(C(F)(F)F)ccc1C(=O)Nc1ccc(C(F)(F)F)cc1. The van der Waals surface area contributed by atoms with Gasteiger partial charge in [0.05, 0.1) is 16.8 Å². The minimum absolute atomic E-state index is 0.0762. The average Bonchev–Trinajstić information content (AvgIpc) is 2.45. The van der Waals surface area contributed by atoms with E-state index in [1.807, 2.05) is 0 Å². The minimum Gasteiger partial charge on any atom is -0.322 e. The number of benzene rings is 1. The molecule has 2 rings (SSSR count). The Morgan fingerprint density at radius 1 is 0.917 bits per heavy atom. The number of hydrogen-bond acceptors (Lipinski definition) is 2. The predicted octanol–water partition coefficient (Wildman–Crippen LogP) is 4.68. The van der Waals surface area contributed by atoms with Crippen LogP contribution in [-0.4, -0.2) is 10.9 Å². The predicted molar refractivity (Wildman–Crippen MR) is 73.4 cm³/mol. The Morgan fingerprint density at radius 2 is 1.50 bits per heavy atom. The summed E-state index contributed by atoms with van der Waals surface area (Å²) in [7, 11) is 0. The van der Waals surface area contributed by atoms with Crippen molar-refractivity contribution in [1.82, 2.24) is 4.98 Å². The molecule has 0 aliphatic rings. The molecule has 24 heavy (non-hydrogen) atoms. The number of aromatic nitrogens is 1. The second-order valence-corrected chi connectivity index (χ2v) is 4.86. The van der Waals surface area contributed by atoms with E-state index in [0.29, 0.717) is 6.07 Å². The summed E-state index contributed by atoms with van der Waals surface area (Å²) in [6, 6.07) is 5.29. The molecule has 1 heterocycles. The van der Waals surface area contributed by atoms with E-state index in [1.54, 1.807) is 0 Å². The molecule has 3 nitrogen and oxygen atoms in total. The molecule has 1 amide bonds. The Bertz CT molecular complexity index is 750. The smallest absolute Gasteiger partial charge is 0.322 e. The van der Waals surface area contributed by atoms with Crippen molar-refractivity contribution < 1.29 is 31.1 Å². The first kappa shape index (κ1) is 17.8. The molecule has 0 atom stereocenters. The molecule has 0 radical (unpaired) electrons. The zero-order chi connectivity index (χ0) is 18.1. The van der Waals surface area contributed by atoms with E-state index < -0.39 is 29.5 Å². The maximum atomic E-state index is 12.5. The van der Waals surface area contributed by atoms with Crippen molar-refractivity contribution in [1.29, 1.82) is 0 Å². The molecule has 0 saturated carbocycles. The molecule has 1 N–H and O–H groups in total. The summed E-state index contributed by atoms with van der Waals surface area (Å²) in [6.45, 7) is 1.23. The summed E-state index contributed by atoms with van der Waals surface area (Å²) in [5.74, 6) is -0.770. The van der Waals surface area contributed by atoms with Gasteiger partial charge in [0.2, 0.25) is 0 Å². The topological polar surface area (TPSA) is 42.0 Å². The van der Waals surface area contributed by atoms with Crippen LogP contribution in [0.25, 0.3) is 0 Å². The molecule has 9 heteroatoms. The Kier molecular flexibility index (Phi) is 4.54. The maximum Gasteiger partial charge on any atom is 0.433 e. The normalized spacial score (nSPS) is 12.1. The second kappa shape index (κ2) is 6.14. The van der Waals surface area contributed by atoms with E-state index in [4.69, 9.17) is 0 Å². The average molecular weight is 348 g/mol. The number of anilines is 1. The molecule has 0 aliphatic heterocycles. The van der Waals surface area contributed by atoms with E-state index in [2.05, 4.69) is 10.3 Å². The molecule has 0 unspecified atom stereocenters. The molecular weight excluding hydrogens is 338 g/mol. The number of carbonyl (C=O) groups excluding carboxylic acids is 1. The summed E-state index contributed by atoms with van der Waals surface area (Å²) in [6.07, 6.45) is -9.14. The summed E-state index contributed by atoms with van der Waals surface area (Å²) in [5.41, 5.74) is -2.19. The van der Waals surface area contributed by atoms with Crippen LogP contribution in [0.3, 0.4) is 0 Å². The van der Waals surface area contributed by atoms with Gasteiger partial charge >= 0.3 is 12.4 Å². The van der Waals surface area contributed by atoms with Gasteiger partial charge in [-0.3, -0.25) is 4.79 Å². The number of pyridine rings is 1. The van der Waals surface area contributed by atoms with Gasteiger partial charge in [-0.15, -0.1) is 0 Å². The number of hydrogen-bond donors (Lipinski definition) is 1. The standard InChI is InChI=1S/C15H10F6N2O/c1-8-11(6-7-12(22-8)15(19,20)21)13(24)23-10-4-2-9(3-5-10)14(16,17)18/h2-7H,1H3,(H,23,24). The lowest BCUT2D eigenvalue weighted by molar-refractivity contribution is -0.141. The lowest BCUT2D eigenvalue weighted by atomic mass is 10.1. The number of rotatable bonds is 2. The van der Waals surface area contributed by atoms with Crippen LogP contribution in [0.15, 0.2) is 36.4 Å². The van der Waals surface area contributed by atoms with Crippen molar-refractivity contribution >= 4 is 11.6 Å². The Morgan fingerprint density at radius 3 is 1.96 bits per heavy atom. The molecule has 0 fully saturated rings. The van der Waals surface area contributed by atoms with Crippen LogP contribution in [-0.2, 0) is 12.4 Å². The van der Waals surface area contributed by atoms with Crippen molar-refractivity contribution in [2.24, 2.45) is 0 Å². The molecule has 2 aromatic rings. The molecule has 0 saturated heterocycles. The van der Waals surface area contributed by atoms with Crippen LogP contribution in [0.2, 0.25) is 0 Å².